The summed E-state index contributed by atoms with van der Waals surface area (Å²) in [4.78, 5) is 12.7. The number of nitrogens with one attached hydrogen (secondary N) is 1. The quantitative estimate of drug-likeness (QED) is 0.747. The summed E-state index contributed by atoms with van der Waals surface area (Å²) in [5, 5.41) is 2.82. The molecule has 1 heterocycles. The molecular formula is C21H26N2O5S. The number of sulfonamides is 1. The number of hydrogen-bond acceptors (Lipinski definition) is 5. The number of benzene rings is 2. The molecule has 3 rings (SSSR count). The molecule has 1 aliphatic heterocycles. The number of fused-ring (bicyclic) bond motifs is 1. The van der Waals surface area contributed by atoms with E-state index in [0.717, 1.165) is 11.3 Å². The molecule has 0 spiro atoms. The third kappa shape index (κ3) is 5.00. The monoisotopic (exact) mass is 418 g/mol. The van der Waals surface area contributed by atoms with Crippen molar-refractivity contribution in [1.29, 1.82) is 0 Å². The van der Waals surface area contributed by atoms with E-state index < -0.39 is 16.1 Å². The van der Waals surface area contributed by atoms with Crippen LogP contribution in [0.3, 0.4) is 0 Å². The van der Waals surface area contributed by atoms with Gasteiger partial charge in [-0.25, -0.2) is 8.42 Å². The van der Waals surface area contributed by atoms with E-state index in [0.29, 0.717) is 18.0 Å². The molecule has 0 fully saturated rings. The zero-order valence-electron chi connectivity index (χ0n) is 16.8. The standard InChI is InChI=1S/C21H26N2O5S/c1-4-29(25,26)23-14-20(28-19-8-6-5-7-18(19)23)21(24)22-13-16-9-11-17(12-10-16)27-15(2)3/h5-12,15,20H,4,13-14H2,1-3H3,(H,22,24). The summed E-state index contributed by atoms with van der Waals surface area (Å²) in [6.07, 6.45) is -0.830. The molecule has 0 radical (unpaired) electrons. The molecule has 0 saturated carbocycles. The number of anilines is 1. The molecule has 156 valence electrons. The van der Waals surface area contributed by atoms with Crippen molar-refractivity contribution in [3.05, 3.63) is 54.1 Å². The average Bonchev–Trinajstić information content (AvgIpc) is 2.71. The Hall–Kier alpha value is -2.74. The third-order valence-corrected chi connectivity index (χ3v) is 6.24. The molecule has 0 bridgehead atoms. The number of rotatable bonds is 7. The van der Waals surface area contributed by atoms with Crippen LogP contribution in [0.25, 0.3) is 0 Å². The van der Waals surface area contributed by atoms with Gasteiger partial charge in [0.25, 0.3) is 5.91 Å². The predicted molar refractivity (Wildman–Crippen MR) is 112 cm³/mol. The molecule has 0 aromatic heterocycles. The summed E-state index contributed by atoms with van der Waals surface area (Å²) in [6, 6.07) is 14.3. The number of carbonyl (C=O) groups excluding carboxylic acids is 1. The van der Waals surface area contributed by atoms with Crippen LogP contribution in [0.4, 0.5) is 5.69 Å². The highest BCUT2D eigenvalue weighted by Crippen LogP contribution is 2.35. The molecule has 2 aromatic rings. The van der Waals surface area contributed by atoms with Crippen LogP contribution in [0, 0.1) is 0 Å². The lowest BCUT2D eigenvalue weighted by molar-refractivity contribution is -0.127. The zero-order chi connectivity index (χ0) is 21.0. The Labute approximate surface area is 171 Å². The Kier molecular flexibility index (Phi) is 6.32. The highest BCUT2D eigenvalue weighted by molar-refractivity contribution is 7.92. The van der Waals surface area contributed by atoms with Crippen molar-refractivity contribution in [2.75, 3.05) is 16.6 Å². The first-order valence-electron chi connectivity index (χ1n) is 9.59. The van der Waals surface area contributed by atoms with Gasteiger partial charge in [-0.3, -0.25) is 9.10 Å². The summed E-state index contributed by atoms with van der Waals surface area (Å²) in [5.74, 6) is 0.729. The Morgan fingerprint density at radius 2 is 1.90 bits per heavy atom. The van der Waals surface area contributed by atoms with Crippen LogP contribution in [0.15, 0.2) is 48.5 Å². The third-order valence-electron chi connectivity index (χ3n) is 4.49. The lowest BCUT2D eigenvalue weighted by atomic mass is 10.2. The van der Waals surface area contributed by atoms with Gasteiger partial charge in [0.2, 0.25) is 10.0 Å². The minimum atomic E-state index is -3.52. The summed E-state index contributed by atoms with van der Waals surface area (Å²) in [7, 11) is -3.52. The van der Waals surface area contributed by atoms with E-state index in [2.05, 4.69) is 5.32 Å². The predicted octanol–water partition coefficient (Wildman–Crippen LogP) is 2.71. The van der Waals surface area contributed by atoms with Crippen molar-refractivity contribution in [3.63, 3.8) is 0 Å². The van der Waals surface area contributed by atoms with Gasteiger partial charge in [0.1, 0.15) is 11.5 Å². The summed E-state index contributed by atoms with van der Waals surface area (Å²) >= 11 is 0. The number of nitrogens with zero attached hydrogens (tertiary/aromatic N) is 1. The smallest absolute Gasteiger partial charge is 0.263 e. The molecular weight excluding hydrogens is 392 g/mol. The number of hydrogen-bond donors (Lipinski definition) is 1. The topological polar surface area (TPSA) is 84.9 Å². The highest BCUT2D eigenvalue weighted by Gasteiger charge is 2.35. The fraction of sp³-hybridized carbons (Fsp3) is 0.381. The van der Waals surface area contributed by atoms with Crippen molar-refractivity contribution in [1.82, 2.24) is 5.32 Å². The molecule has 7 nitrogen and oxygen atoms in total. The van der Waals surface area contributed by atoms with E-state index >= 15 is 0 Å². The maximum atomic E-state index is 12.7. The lowest BCUT2D eigenvalue weighted by Crippen LogP contribution is -2.50. The van der Waals surface area contributed by atoms with E-state index in [1.54, 1.807) is 31.2 Å². The molecule has 1 amide bonds. The van der Waals surface area contributed by atoms with E-state index in [-0.39, 0.29) is 24.3 Å². The molecule has 0 saturated heterocycles. The summed E-state index contributed by atoms with van der Waals surface area (Å²) in [6.45, 7) is 5.75. The number of carbonyl (C=O) groups is 1. The molecule has 0 aliphatic carbocycles. The largest absolute Gasteiger partial charge is 0.491 e. The summed E-state index contributed by atoms with van der Waals surface area (Å²) in [5.41, 5.74) is 1.36. The number of para-hydroxylation sites is 2. The molecule has 29 heavy (non-hydrogen) atoms. The normalized spacial score (nSPS) is 16.1. The van der Waals surface area contributed by atoms with Crippen LogP contribution in [0.2, 0.25) is 0 Å². The van der Waals surface area contributed by atoms with E-state index in [1.165, 1.54) is 4.31 Å². The first-order valence-corrected chi connectivity index (χ1v) is 11.2. The van der Waals surface area contributed by atoms with Crippen LogP contribution in [-0.2, 0) is 21.4 Å². The Morgan fingerprint density at radius 1 is 1.21 bits per heavy atom. The van der Waals surface area contributed by atoms with Crippen LogP contribution >= 0.6 is 0 Å². The SMILES string of the molecule is CCS(=O)(=O)N1CC(C(=O)NCc2ccc(OC(C)C)cc2)Oc2ccccc21. The maximum Gasteiger partial charge on any atom is 0.263 e. The van der Waals surface area contributed by atoms with Gasteiger partial charge in [0.05, 0.1) is 24.1 Å². The second-order valence-electron chi connectivity index (χ2n) is 7.03. The zero-order valence-corrected chi connectivity index (χ0v) is 17.6. The Morgan fingerprint density at radius 3 is 2.55 bits per heavy atom. The van der Waals surface area contributed by atoms with E-state index in [4.69, 9.17) is 9.47 Å². The molecule has 2 aromatic carbocycles. The van der Waals surface area contributed by atoms with Gasteiger partial charge in [-0.1, -0.05) is 24.3 Å². The molecule has 1 aliphatic rings. The van der Waals surface area contributed by atoms with Crippen molar-refractivity contribution in [3.8, 4) is 11.5 Å². The van der Waals surface area contributed by atoms with Gasteiger partial charge in [0.15, 0.2) is 6.10 Å². The van der Waals surface area contributed by atoms with Crippen molar-refractivity contribution in [2.24, 2.45) is 0 Å². The van der Waals surface area contributed by atoms with Gasteiger partial charge >= 0.3 is 0 Å². The minimum absolute atomic E-state index is 0.0551. The minimum Gasteiger partial charge on any atom is -0.491 e. The first-order chi connectivity index (χ1) is 13.8. The van der Waals surface area contributed by atoms with E-state index in [1.807, 2.05) is 38.1 Å². The molecule has 8 heteroatoms. The van der Waals surface area contributed by atoms with Crippen molar-refractivity contribution >= 4 is 21.6 Å². The fourth-order valence-corrected chi connectivity index (χ4v) is 4.14. The summed E-state index contributed by atoms with van der Waals surface area (Å²) < 4.78 is 37.6. The van der Waals surface area contributed by atoms with Crippen molar-refractivity contribution < 1.29 is 22.7 Å². The van der Waals surface area contributed by atoms with Crippen LogP contribution in [0.5, 0.6) is 11.5 Å². The maximum absolute atomic E-state index is 12.7. The number of ether oxygens (including phenoxy) is 2. The van der Waals surface area contributed by atoms with Crippen molar-refractivity contribution in [2.45, 2.75) is 39.5 Å². The first kappa shape index (κ1) is 21.0. The van der Waals surface area contributed by atoms with Gasteiger partial charge < -0.3 is 14.8 Å². The second kappa shape index (κ2) is 8.73. The molecule has 1 N–H and O–H groups in total. The van der Waals surface area contributed by atoms with Gasteiger partial charge in [-0.05, 0) is 50.6 Å². The van der Waals surface area contributed by atoms with E-state index in [9.17, 15) is 13.2 Å². The Balaban J connectivity index is 1.68. The van der Waals surface area contributed by atoms with Crippen LogP contribution in [-0.4, -0.2) is 38.8 Å². The van der Waals surface area contributed by atoms with Crippen LogP contribution < -0.4 is 19.1 Å². The number of amides is 1. The average molecular weight is 419 g/mol. The van der Waals surface area contributed by atoms with Crippen LogP contribution in [0.1, 0.15) is 26.3 Å². The van der Waals surface area contributed by atoms with Gasteiger partial charge in [-0.15, -0.1) is 0 Å². The highest BCUT2D eigenvalue weighted by atomic mass is 32.2. The second-order valence-corrected chi connectivity index (χ2v) is 9.22. The van der Waals surface area contributed by atoms with Gasteiger partial charge in [-0.2, -0.15) is 0 Å². The lowest BCUT2D eigenvalue weighted by Gasteiger charge is -2.34. The molecule has 1 unspecified atom stereocenters. The van der Waals surface area contributed by atoms with Gasteiger partial charge in [0, 0.05) is 6.54 Å². The Bertz CT molecular complexity index is 957. The molecule has 1 atom stereocenters. The fourth-order valence-electron chi connectivity index (χ4n) is 3.02.